The number of fused-ring (bicyclic) bond motifs is 1. The highest BCUT2D eigenvalue weighted by Gasteiger charge is 2.26. The van der Waals surface area contributed by atoms with Crippen molar-refractivity contribution >= 4 is 22.1 Å². The SMILES string of the molecule is CC=CCC1CC=CC=C1/C(=C\CCC(C)CC)N(c1ccccc1C)c1cccc2ccccc12. The van der Waals surface area contributed by atoms with Gasteiger partial charge < -0.3 is 4.90 Å². The maximum atomic E-state index is 2.54. The van der Waals surface area contributed by atoms with E-state index >= 15 is 0 Å². The van der Waals surface area contributed by atoms with Gasteiger partial charge in [-0.15, -0.1) is 0 Å². The molecule has 1 heteroatoms. The highest BCUT2D eigenvalue weighted by molar-refractivity contribution is 5.98. The molecule has 36 heavy (non-hydrogen) atoms. The largest absolute Gasteiger partial charge is 0.310 e. The van der Waals surface area contributed by atoms with Crippen LogP contribution in [0.25, 0.3) is 10.8 Å². The number of aryl methyl sites for hydroxylation is 1. The lowest BCUT2D eigenvalue weighted by Gasteiger charge is -2.35. The molecule has 3 aromatic carbocycles. The lowest BCUT2D eigenvalue weighted by molar-refractivity contribution is 0.520. The Kier molecular flexibility index (Phi) is 9.01. The number of rotatable bonds is 10. The van der Waals surface area contributed by atoms with Crippen LogP contribution in [0.3, 0.4) is 0 Å². The molecule has 1 aliphatic carbocycles. The topological polar surface area (TPSA) is 3.24 Å². The number of nitrogens with zero attached hydrogens (tertiary/aromatic N) is 1. The van der Waals surface area contributed by atoms with Crippen LogP contribution in [0, 0.1) is 18.8 Å². The molecule has 2 atom stereocenters. The van der Waals surface area contributed by atoms with Gasteiger partial charge in [-0.25, -0.2) is 0 Å². The quantitative estimate of drug-likeness (QED) is 0.264. The van der Waals surface area contributed by atoms with Gasteiger partial charge in [-0.05, 0) is 80.0 Å². The van der Waals surface area contributed by atoms with Crippen molar-refractivity contribution in [3.63, 3.8) is 0 Å². The third-order valence-electron chi connectivity index (χ3n) is 7.52. The van der Waals surface area contributed by atoms with Crippen LogP contribution < -0.4 is 4.90 Å². The Morgan fingerprint density at radius 2 is 1.75 bits per heavy atom. The first-order chi connectivity index (χ1) is 17.6. The van der Waals surface area contributed by atoms with Gasteiger partial charge in [0.2, 0.25) is 0 Å². The van der Waals surface area contributed by atoms with Gasteiger partial charge in [-0.2, -0.15) is 0 Å². The lowest BCUT2D eigenvalue weighted by Crippen LogP contribution is -2.23. The predicted molar refractivity (Wildman–Crippen MR) is 159 cm³/mol. The molecule has 0 heterocycles. The third-order valence-corrected chi connectivity index (χ3v) is 7.52. The number of hydrogen-bond donors (Lipinski definition) is 0. The van der Waals surface area contributed by atoms with E-state index in [1.165, 1.54) is 51.8 Å². The van der Waals surface area contributed by atoms with Gasteiger partial charge >= 0.3 is 0 Å². The van der Waals surface area contributed by atoms with E-state index in [1.54, 1.807) is 0 Å². The second-order valence-electron chi connectivity index (χ2n) is 10.1. The van der Waals surface area contributed by atoms with Gasteiger partial charge in [0, 0.05) is 16.8 Å². The summed E-state index contributed by atoms with van der Waals surface area (Å²) in [5, 5.41) is 2.56. The molecule has 2 unspecified atom stereocenters. The van der Waals surface area contributed by atoms with Crippen LogP contribution >= 0.6 is 0 Å². The Hall–Kier alpha value is -3.32. The molecule has 0 saturated heterocycles. The minimum absolute atomic E-state index is 0.475. The normalized spacial score (nSPS) is 16.9. The predicted octanol–water partition coefficient (Wildman–Crippen LogP) is 10.5. The summed E-state index contributed by atoms with van der Waals surface area (Å²) in [6.07, 6.45) is 19.6. The van der Waals surface area contributed by atoms with Gasteiger partial charge in [0.1, 0.15) is 0 Å². The zero-order valence-electron chi connectivity index (χ0n) is 22.5. The maximum absolute atomic E-state index is 2.54. The van der Waals surface area contributed by atoms with E-state index in [9.17, 15) is 0 Å². The van der Waals surface area contributed by atoms with E-state index < -0.39 is 0 Å². The molecule has 186 valence electrons. The average molecular weight is 476 g/mol. The van der Waals surface area contributed by atoms with Crippen molar-refractivity contribution in [1.82, 2.24) is 0 Å². The van der Waals surface area contributed by atoms with Gasteiger partial charge in [0.15, 0.2) is 0 Å². The Bertz CT molecular complexity index is 1270. The highest BCUT2D eigenvalue weighted by atomic mass is 15.2. The second kappa shape index (κ2) is 12.6. The monoisotopic (exact) mass is 475 g/mol. The van der Waals surface area contributed by atoms with Crippen molar-refractivity contribution in [2.45, 2.75) is 59.8 Å². The molecule has 3 aromatic rings. The second-order valence-corrected chi connectivity index (χ2v) is 10.1. The van der Waals surface area contributed by atoms with Crippen LogP contribution in [0.4, 0.5) is 11.4 Å². The van der Waals surface area contributed by atoms with Crippen LogP contribution in [0.1, 0.15) is 58.4 Å². The molecule has 1 nitrogen and oxygen atoms in total. The first-order valence-electron chi connectivity index (χ1n) is 13.7. The summed E-state index contributed by atoms with van der Waals surface area (Å²) in [7, 11) is 0. The van der Waals surface area contributed by atoms with E-state index in [0.717, 1.165) is 25.2 Å². The molecule has 0 aromatic heterocycles. The fourth-order valence-corrected chi connectivity index (χ4v) is 5.15. The number of para-hydroxylation sites is 1. The fourth-order valence-electron chi connectivity index (χ4n) is 5.15. The van der Waals surface area contributed by atoms with Gasteiger partial charge in [-0.1, -0.05) is 111 Å². The van der Waals surface area contributed by atoms with Crippen LogP contribution in [-0.2, 0) is 0 Å². The Balaban J connectivity index is 1.94. The average Bonchev–Trinajstić information content (AvgIpc) is 2.92. The van der Waals surface area contributed by atoms with Crippen LogP contribution in [-0.4, -0.2) is 0 Å². The van der Waals surface area contributed by atoms with Crippen molar-refractivity contribution in [3.8, 4) is 0 Å². The summed E-state index contributed by atoms with van der Waals surface area (Å²) >= 11 is 0. The molecule has 0 spiro atoms. The van der Waals surface area contributed by atoms with Crippen molar-refractivity contribution in [2.24, 2.45) is 11.8 Å². The fraction of sp³-hybridized carbons (Fsp3) is 0.314. The smallest absolute Gasteiger partial charge is 0.0540 e. The van der Waals surface area contributed by atoms with Gasteiger partial charge in [-0.3, -0.25) is 0 Å². The molecule has 0 radical (unpaired) electrons. The van der Waals surface area contributed by atoms with Crippen molar-refractivity contribution < 1.29 is 0 Å². The third kappa shape index (κ3) is 5.90. The summed E-state index contributed by atoms with van der Waals surface area (Å²) in [4.78, 5) is 2.54. The number of allylic oxidation sites excluding steroid dienone is 7. The molecule has 0 amide bonds. The summed E-state index contributed by atoms with van der Waals surface area (Å²) in [5.41, 5.74) is 6.57. The van der Waals surface area contributed by atoms with Gasteiger partial charge in [0.05, 0.1) is 5.69 Å². The molecular weight excluding hydrogens is 434 g/mol. The van der Waals surface area contributed by atoms with E-state index in [-0.39, 0.29) is 0 Å². The summed E-state index contributed by atoms with van der Waals surface area (Å²) in [5.74, 6) is 1.20. The lowest BCUT2D eigenvalue weighted by atomic mass is 9.85. The van der Waals surface area contributed by atoms with Crippen LogP contribution in [0.5, 0.6) is 0 Å². The molecule has 0 N–H and O–H groups in total. The Morgan fingerprint density at radius 1 is 1.00 bits per heavy atom. The molecule has 0 bridgehead atoms. The zero-order chi connectivity index (χ0) is 25.3. The molecular formula is C35H41N. The first-order valence-corrected chi connectivity index (χ1v) is 13.7. The number of hydrogen-bond acceptors (Lipinski definition) is 1. The van der Waals surface area contributed by atoms with Crippen molar-refractivity contribution in [1.29, 1.82) is 0 Å². The molecule has 4 rings (SSSR count). The van der Waals surface area contributed by atoms with E-state index in [0.29, 0.717) is 5.92 Å². The number of benzene rings is 3. The van der Waals surface area contributed by atoms with E-state index in [4.69, 9.17) is 0 Å². The van der Waals surface area contributed by atoms with Crippen molar-refractivity contribution in [3.05, 3.63) is 120 Å². The minimum Gasteiger partial charge on any atom is -0.310 e. The van der Waals surface area contributed by atoms with E-state index in [1.807, 2.05) is 0 Å². The highest BCUT2D eigenvalue weighted by Crippen LogP contribution is 2.42. The van der Waals surface area contributed by atoms with Crippen LogP contribution in [0.2, 0.25) is 0 Å². The van der Waals surface area contributed by atoms with Crippen molar-refractivity contribution in [2.75, 3.05) is 4.90 Å². The molecule has 0 aliphatic heterocycles. The summed E-state index contributed by atoms with van der Waals surface area (Å²) < 4.78 is 0. The zero-order valence-corrected chi connectivity index (χ0v) is 22.5. The van der Waals surface area contributed by atoms with Gasteiger partial charge in [0.25, 0.3) is 0 Å². The summed E-state index contributed by atoms with van der Waals surface area (Å²) in [6.45, 7) is 9.03. The Labute approximate surface area is 218 Å². The Morgan fingerprint density at radius 3 is 2.56 bits per heavy atom. The number of anilines is 2. The standard InChI is InChI=1S/C35H41N/c1-5-7-18-29-19-9-11-22-31(29)34(25-14-16-27(3)6-2)36(33-24-13-8-17-28(33)4)35-26-15-21-30-20-10-12-23-32(30)35/h5,7-13,15,17,20-27,29H,6,14,16,18-19H2,1-4H3/b7-5?,34-25+. The first kappa shape index (κ1) is 25.8. The maximum Gasteiger partial charge on any atom is 0.0540 e. The summed E-state index contributed by atoms with van der Waals surface area (Å²) in [6, 6.07) is 24.3. The minimum atomic E-state index is 0.475. The molecule has 0 saturated carbocycles. The van der Waals surface area contributed by atoms with E-state index in [2.05, 4.69) is 136 Å². The van der Waals surface area contributed by atoms with Crippen LogP contribution in [0.15, 0.2) is 114 Å². The molecule has 0 fully saturated rings. The molecule has 1 aliphatic rings.